The summed E-state index contributed by atoms with van der Waals surface area (Å²) >= 11 is 0. The first-order valence-corrected chi connectivity index (χ1v) is 10.6. The van der Waals surface area contributed by atoms with Crippen LogP contribution in [0.15, 0.2) is 34.9 Å². The minimum atomic E-state index is -0.691. The minimum Gasteiger partial charge on any atom is -0.455 e. The van der Waals surface area contributed by atoms with Gasteiger partial charge in [-0.05, 0) is 57.9 Å². The van der Waals surface area contributed by atoms with Crippen molar-refractivity contribution in [3.8, 4) is 0 Å². The van der Waals surface area contributed by atoms with Crippen LogP contribution in [0.4, 0.5) is 0 Å². The maximum atomic E-state index is 12.0. The van der Waals surface area contributed by atoms with Gasteiger partial charge < -0.3 is 14.2 Å². The van der Waals surface area contributed by atoms with E-state index in [1.165, 1.54) is 25.0 Å². The smallest absolute Gasteiger partial charge is 0.303 e. The van der Waals surface area contributed by atoms with Gasteiger partial charge >= 0.3 is 11.9 Å². The van der Waals surface area contributed by atoms with E-state index in [4.69, 9.17) is 14.2 Å². The zero-order chi connectivity index (χ0) is 21.8. The fourth-order valence-electron chi connectivity index (χ4n) is 3.95. The number of hydrogen-bond donors (Lipinski definition) is 0. The van der Waals surface area contributed by atoms with E-state index in [0.29, 0.717) is 0 Å². The Morgan fingerprint density at radius 3 is 2.31 bits per heavy atom. The van der Waals surface area contributed by atoms with Crippen LogP contribution in [-0.2, 0) is 23.8 Å². The monoisotopic (exact) mass is 404 g/mol. The average Bonchev–Trinajstić information content (AvgIpc) is 3.27. The molecule has 5 nitrogen and oxygen atoms in total. The van der Waals surface area contributed by atoms with Gasteiger partial charge in [0.1, 0.15) is 5.60 Å². The molecule has 1 heterocycles. The molecule has 0 unspecified atom stereocenters. The lowest BCUT2D eigenvalue weighted by molar-refractivity contribution is -0.167. The molecule has 0 amide bonds. The number of carbonyl (C=O) groups is 2. The van der Waals surface area contributed by atoms with Gasteiger partial charge in [-0.15, -0.1) is 0 Å². The van der Waals surface area contributed by atoms with Crippen LogP contribution >= 0.6 is 0 Å². The quantitative estimate of drug-likeness (QED) is 0.374. The van der Waals surface area contributed by atoms with Crippen molar-refractivity contribution in [1.29, 1.82) is 0 Å². The molecule has 2 aliphatic rings. The van der Waals surface area contributed by atoms with E-state index in [1.54, 1.807) is 0 Å². The van der Waals surface area contributed by atoms with Gasteiger partial charge in [0.05, 0.1) is 6.10 Å². The van der Waals surface area contributed by atoms with Crippen LogP contribution in [0, 0.1) is 5.92 Å². The molecular weight excluding hydrogens is 368 g/mol. The highest BCUT2D eigenvalue weighted by Crippen LogP contribution is 2.47. The predicted octanol–water partition coefficient (Wildman–Crippen LogP) is 5.06. The summed E-state index contributed by atoms with van der Waals surface area (Å²) in [6, 6.07) is 0. The molecule has 0 aromatic carbocycles. The average molecular weight is 405 g/mol. The molecule has 1 aliphatic heterocycles. The number of carbonyl (C=O) groups excluding carboxylic acids is 2. The van der Waals surface area contributed by atoms with Gasteiger partial charge in [-0.1, -0.05) is 43.2 Å². The molecule has 0 N–H and O–H groups in total. The fourth-order valence-corrected chi connectivity index (χ4v) is 3.95. The molecule has 1 saturated heterocycles. The minimum absolute atomic E-state index is 0.0399. The van der Waals surface area contributed by atoms with Gasteiger partial charge in [0.15, 0.2) is 12.2 Å². The molecule has 1 aliphatic carbocycles. The number of rotatable bonds is 3. The SMILES string of the molecule is CC(=O)O[C@@H]1/C(C(C)C)=C\C=C(/C)CC/C=C(/C)CC[C@@H]2O[C@@]2(C)[C@H]1OC(C)=O. The first-order chi connectivity index (χ1) is 13.5. The Labute approximate surface area is 175 Å². The first-order valence-electron chi connectivity index (χ1n) is 10.6. The lowest BCUT2D eigenvalue weighted by Crippen LogP contribution is -2.47. The Kier molecular flexibility index (Phi) is 7.87. The molecule has 0 saturated carbocycles. The summed E-state index contributed by atoms with van der Waals surface area (Å²) in [5.41, 5.74) is 2.83. The van der Waals surface area contributed by atoms with Crippen LogP contribution in [0.3, 0.4) is 0 Å². The van der Waals surface area contributed by atoms with Crippen molar-refractivity contribution in [3.63, 3.8) is 0 Å². The largest absolute Gasteiger partial charge is 0.455 e. The maximum absolute atomic E-state index is 12.0. The molecule has 2 rings (SSSR count). The number of allylic oxidation sites excluding steroid dienone is 5. The van der Waals surface area contributed by atoms with E-state index in [2.05, 4.69) is 39.8 Å². The van der Waals surface area contributed by atoms with Gasteiger partial charge in [-0.2, -0.15) is 0 Å². The third-order valence-electron chi connectivity index (χ3n) is 5.79. The third kappa shape index (κ3) is 6.30. The summed E-state index contributed by atoms with van der Waals surface area (Å²) in [5, 5.41) is 0. The van der Waals surface area contributed by atoms with Crippen LogP contribution in [-0.4, -0.2) is 35.9 Å². The highest BCUT2D eigenvalue weighted by atomic mass is 16.7. The van der Waals surface area contributed by atoms with Crippen LogP contribution in [0.1, 0.15) is 74.1 Å². The Bertz CT molecular complexity index is 715. The third-order valence-corrected chi connectivity index (χ3v) is 5.79. The summed E-state index contributed by atoms with van der Waals surface area (Å²) in [4.78, 5) is 23.9. The second kappa shape index (κ2) is 9.75. The van der Waals surface area contributed by atoms with Gasteiger partial charge in [0.2, 0.25) is 0 Å². The summed E-state index contributed by atoms with van der Waals surface area (Å²) < 4.78 is 17.6. The van der Waals surface area contributed by atoms with Crippen molar-refractivity contribution in [3.05, 3.63) is 34.9 Å². The van der Waals surface area contributed by atoms with Crippen molar-refractivity contribution in [1.82, 2.24) is 0 Å². The predicted molar refractivity (Wildman–Crippen MR) is 113 cm³/mol. The lowest BCUT2D eigenvalue weighted by Gasteiger charge is -2.32. The molecular formula is C24H36O5. The van der Waals surface area contributed by atoms with Crippen molar-refractivity contribution in [2.24, 2.45) is 5.92 Å². The van der Waals surface area contributed by atoms with Crippen LogP contribution in [0.2, 0.25) is 0 Å². The van der Waals surface area contributed by atoms with Crippen LogP contribution in [0.25, 0.3) is 0 Å². The van der Waals surface area contributed by atoms with Crippen LogP contribution < -0.4 is 0 Å². The fraction of sp³-hybridized carbons (Fsp3) is 0.667. The Morgan fingerprint density at radius 1 is 1.07 bits per heavy atom. The second-order valence-corrected chi connectivity index (χ2v) is 8.81. The zero-order valence-corrected chi connectivity index (χ0v) is 18.9. The number of hydrogen-bond acceptors (Lipinski definition) is 5. The number of epoxide rings is 1. The summed E-state index contributed by atoms with van der Waals surface area (Å²) in [6.45, 7) is 13.1. The molecule has 0 spiro atoms. The highest BCUT2D eigenvalue weighted by molar-refractivity contribution is 5.68. The summed E-state index contributed by atoms with van der Waals surface area (Å²) in [6.07, 6.45) is 8.74. The van der Waals surface area contributed by atoms with Crippen molar-refractivity contribution < 1.29 is 23.8 Å². The Balaban J connectivity index is 2.53. The van der Waals surface area contributed by atoms with E-state index in [0.717, 1.165) is 31.3 Å². The van der Waals surface area contributed by atoms with Crippen LogP contribution in [0.5, 0.6) is 0 Å². The van der Waals surface area contributed by atoms with E-state index in [-0.39, 0.29) is 12.0 Å². The van der Waals surface area contributed by atoms with E-state index < -0.39 is 29.7 Å². The first kappa shape index (κ1) is 23.4. The molecule has 29 heavy (non-hydrogen) atoms. The van der Waals surface area contributed by atoms with E-state index in [9.17, 15) is 9.59 Å². The molecule has 0 radical (unpaired) electrons. The lowest BCUT2D eigenvalue weighted by atomic mass is 9.85. The molecule has 0 bridgehead atoms. The summed E-state index contributed by atoms with van der Waals surface area (Å²) in [7, 11) is 0. The van der Waals surface area contributed by atoms with Gasteiger partial charge in [-0.25, -0.2) is 0 Å². The van der Waals surface area contributed by atoms with Gasteiger partial charge in [-0.3, -0.25) is 9.59 Å². The zero-order valence-electron chi connectivity index (χ0n) is 18.9. The van der Waals surface area contributed by atoms with E-state index >= 15 is 0 Å². The van der Waals surface area contributed by atoms with Gasteiger partial charge in [0, 0.05) is 13.8 Å². The standard InChI is InChI=1S/C24H36O5/c1-15(2)20-13-11-16(3)9-8-10-17(4)12-14-21-24(7,29-21)23(28-19(6)26)22(20)27-18(5)25/h10-11,13,15,21-23H,8-9,12,14H2,1-7H3/b16-11+,17-10-,20-13-/t21-,22+,23-,24+/m0/s1. The van der Waals surface area contributed by atoms with Crippen molar-refractivity contribution in [2.45, 2.75) is 98.1 Å². The number of fused-ring (bicyclic) bond motifs is 1. The highest BCUT2D eigenvalue weighted by Gasteiger charge is 2.62. The number of ether oxygens (including phenoxy) is 3. The van der Waals surface area contributed by atoms with Crippen molar-refractivity contribution in [2.75, 3.05) is 0 Å². The molecule has 1 fully saturated rings. The van der Waals surface area contributed by atoms with Gasteiger partial charge in [0.25, 0.3) is 0 Å². The molecule has 0 aromatic rings. The molecule has 5 heteroatoms. The Hall–Kier alpha value is -1.88. The van der Waals surface area contributed by atoms with Crippen molar-refractivity contribution >= 4 is 11.9 Å². The number of esters is 2. The van der Waals surface area contributed by atoms with E-state index in [1.807, 2.05) is 13.0 Å². The molecule has 4 atom stereocenters. The second-order valence-electron chi connectivity index (χ2n) is 8.81. The Morgan fingerprint density at radius 2 is 1.72 bits per heavy atom. The maximum Gasteiger partial charge on any atom is 0.303 e. The summed E-state index contributed by atoms with van der Waals surface area (Å²) in [5.74, 6) is -0.702. The topological polar surface area (TPSA) is 65.1 Å². The molecule has 0 aromatic heterocycles. The molecule has 162 valence electrons. The normalized spacial score (nSPS) is 36.3.